The van der Waals surface area contributed by atoms with Crippen molar-refractivity contribution in [3.63, 3.8) is 0 Å². The number of ether oxygens (including phenoxy) is 1. The topological polar surface area (TPSA) is 50.4 Å². The maximum absolute atomic E-state index is 12.1. The van der Waals surface area contributed by atoms with Crippen molar-refractivity contribution in [3.05, 3.63) is 88.0 Å². The van der Waals surface area contributed by atoms with E-state index >= 15 is 0 Å². The van der Waals surface area contributed by atoms with Gasteiger partial charge in [-0.1, -0.05) is 42.5 Å². The molecule has 0 atom stereocenters. The van der Waals surface area contributed by atoms with Gasteiger partial charge in [-0.3, -0.25) is 4.79 Å². The molecule has 0 spiro atoms. The molecule has 0 fully saturated rings. The SMILES string of the molecule is O=C(CNc1ccccc1OCc1ccccc1)Nc1ccc(I)cc1. The molecule has 3 rings (SSSR count). The van der Waals surface area contributed by atoms with Crippen LogP contribution in [0.4, 0.5) is 11.4 Å². The van der Waals surface area contributed by atoms with Crippen LogP contribution in [0.5, 0.6) is 5.75 Å². The fourth-order valence-corrected chi connectivity index (χ4v) is 2.75. The maximum Gasteiger partial charge on any atom is 0.243 e. The molecular weight excluding hydrogens is 439 g/mol. The van der Waals surface area contributed by atoms with Gasteiger partial charge in [0.15, 0.2) is 0 Å². The number of hydrogen-bond donors (Lipinski definition) is 2. The Hall–Kier alpha value is -2.54. The summed E-state index contributed by atoms with van der Waals surface area (Å²) in [6, 6.07) is 25.3. The van der Waals surface area contributed by atoms with Crippen molar-refractivity contribution in [1.82, 2.24) is 0 Å². The number of anilines is 2. The molecule has 5 heteroatoms. The Bertz CT molecular complexity index is 851. The van der Waals surface area contributed by atoms with Gasteiger partial charge in [-0.15, -0.1) is 0 Å². The van der Waals surface area contributed by atoms with E-state index in [1.807, 2.05) is 78.9 Å². The van der Waals surface area contributed by atoms with Crippen LogP contribution in [0.1, 0.15) is 5.56 Å². The van der Waals surface area contributed by atoms with E-state index < -0.39 is 0 Å². The van der Waals surface area contributed by atoms with Gasteiger partial charge in [0.2, 0.25) is 5.91 Å². The molecule has 1 amide bonds. The minimum atomic E-state index is -0.107. The van der Waals surface area contributed by atoms with Gasteiger partial charge in [0.1, 0.15) is 12.4 Å². The summed E-state index contributed by atoms with van der Waals surface area (Å²) in [5.41, 5.74) is 2.67. The van der Waals surface area contributed by atoms with E-state index in [1.165, 1.54) is 0 Å². The smallest absolute Gasteiger partial charge is 0.243 e. The lowest BCUT2D eigenvalue weighted by molar-refractivity contribution is -0.114. The van der Waals surface area contributed by atoms with Crippen molar-refractivity contribution in [2.24, 2.45) is 0 Å². The summed E-state index contributed by atoms with van der Waals surface area (Å²) >= 11 is 2.23. The first-order chi connectivity index (χ1) is 12.7. The molecule has 0 bridgehead atoms. The molecule has 0 heterocycles. The van der Waals surface area contributed by atoms with Crippen molar-refractivity contribution in [3.8, 4) is 5.75 Å². The number of para-hydroxylation sites is 2. The number of amides is 1. The average molecular weight is 458 g/mol. The van der Waals surface area contributed by atoms with Gasteiger partial charge in [0, 0.05) is 9.26 Å². The van der Waals surface area contributed by atoms with Gasteiger partial charge < -0.3 is 15.4 Å². The van der Waals surface area contributed by atoms with Crippen molar-refractivity contribution >= 4 is 39.9 Å². The van der Waals surface area contributed by atoms with Crippen molar-refractivity contribution in [1.29, 1.82) is 0 Å². The summed E-state index contributed by atoms with van der Waals surface area (Å²) in [5, 5.41) is 6.01. The molecule has 0 aliphatic carbocycles. The third-order valence-electron chi connectivity index (χ3n) is 3.69. The number of carbonyl (C=O) groups excluding carboxylic acids is 1. The lowest BCUT2D eigenvalue weighted by atomic mass is 10.2. The maximum atomic E-state index is 12.1. The number of benzene rings is 3. The minimum Gasteiger partial charge on any atom is -0.487 e. The second kappa shape index (κ2) is 9.24. The molecule has 2 N–H and O–H groups in total. The van der Waals surface area contributed by atoms with Crippen LogP contribution in [0.3, 0.4) is 0 Å². The van der Waals surface area contributed by atoms with E-state index in [1.54, 1.807) is 0 Å². The molecule has 0 radical (unpaired) electrons. The van der Waals surface area contributed by atoms with Gasteiger partial charge in [0.05, 0.1) is 12.2 Å². The first-order valence-corrected chi connectivity index (χ1v) is 9.33. The zero-order chi connectivity index (χ0) is 18.2. The number of halogens is 1. The zero-order valence-electron chi connectivity index (χ0n) is 14.1. The highest BCUT2D eigenvalue weighted by Crippen LogP contribution is 2.24. The molecule has 3 aromatic carbocycles. The summed E-state index contributed by atoms with van der Waals surface area (Å²) in [4.78, 5) is 12.1. The lowest BCUT2D eigenvalue weighted by Gasteiger charge is -2.13. The quantitative estimate of drug-likeness (QED) is 0.495. The van der Waals surface area contributed by atoms with Crippen LogP contribution in [0.15, 0.2) is 78.9 Å². The molecular formula is C21H19IN2O2. The Kier molecular flexibility index (Phi) is 6.49. The predicted octanol–water partition coefficient (Wildman–Crippen LogP) is 4.92. The molecule has 4 nitrogen and oxygen atoms in total. The van der Waals surface area contributed by atoms with Gasteiger partial charge in [0.25, 0.3) is 0 Å². The first-order valence-electron chi connectivity index (χ1n) is 8.26. The van der Waals surface area contributed by atoms with Gasteiger partial charge in [-0.2, -0.15) is 0 Å². The van der Waals surface area contributed by atoms with E-state index in [2.05, 4.69) is 33.2 Å². The number of nitrogens with one attached hydrogen (secondary N) is 2. The summed E-state index contributed by atoms with van der Waals surface area (Å²) in [6.45, 7) is 0.645. The monoisotopic (exact) mass is 458 g/mol. The van der Waals surface area contributed by atoms with E-state index in [0.29, 0.717) is 6.61 Å². The highest BCUT2D eigenvalue weighted by Gasteiger charge is 2.06. The Morgan fingerprint density at radius 1 is 0.885 bits per heavy atom. The minimum absolute atomic E-state index is 0.107. The van der Waals surface area contributed by atoms with E-state index in [9.17, 15) is 4.79 Å². The van der Waals surface area contributed by atoms with Crippen molar-refractivity contribution < 1.29 is 9.53 Å². The zero-order valence-corrected chi connectivity index (χ0v) is 16.3. The normalized spacial score (nSPS) is 10.2. The highest BCUT2D eigenvalue weighted by molar-refractivity contribution is 14.1. The fourth-order valence-electron chi connectivity index (χ4n) is 2.39. The van der Waals surface area contributed by atoms with Crippen LogP contribution in [0.25, 0.3) is 0 Å². The summed E-state index contributed by atoms with van der Waals surface area (Å²) < 4.78 is 7.02. The molecule has 0 saturated heterocycles. The predicted molar refractivity (Wildman–Crippen MR) is 113 cm³/mol. The second-order valence-electron chi connectivity index (χ2n) is 5.68. The summed E-state index contributed by atoms with van der Waals surface area (Å²) in [6.07, 6.45) is 0. The van der Waals surface area contributed by atoms with E-state index in [4.69, 9.17) is 4.74 Å². The van der Waals surface area contributed by atoms with E-state index in [0.717, 1.165) is 26.3 Å². The number of hydrogen-bond acceptors (Lipinski definition) is 3. The largest absolute Gasteiger partial charge is 0.487 e. The Morgan fingerprint density at radius 2 is 1.58 bits per heavy atom. The summed E-state index contributed by atoms with van der Waals surface area (Å²) in [5.74, 6) is 0.613. The summed E-state index contributed by atoms with van der Waals surface area (Å²) in [7, 11) is 0. The number of carbonyl (C=O) groups is 1. The highest BCUT2D eigenvalue weighted by atomic mass is 127. The molecule has 3 aromatic rings. The van der Waals surface area contributed by atoms with Crippen molar-refractivity contribution in [2.45, 2.75) is 6.61 Å². The van der Waals surface area contributed by atoms with Crippen LogP contribution in [0.2, 0.25) is 0 Å². The Morgan fingerprint density at radius 3 is 2.35 bits per heavy atom. The third-order valence-corrected chi connectivity index (χ3v) is 4.41. The third kappa shape index (κ3) is 5.49. The van der Waals surface area contributed by atoms with Gasteiger partial charge in [-0.25, -0.2) is 0 Å². The van der Waals surface area contributed by atoms with Gasteiger partial charge >= 0.3 is 0 Å². The van der Waals surface area contributed by atoms with Crippen LogP contribution in [-0.2, 0) is 11.4 Å². The van der Waals surface area contributed by atoms with Gasteiger partial charge in [-0.05, 0) is 64.6 Å². The molecule has 0 unspecified atom stereocenters. The van der Waals surface area contributed by atoms with Crippen LogP contribution < -0.4 is 15.4 Å². The Balaban J connectivity index is 1.56. The van der Waals surface area contributed by atoms with Crippen LogP contribution >= 0.6 is 22.6 Å². The van der Waals surface area contributed by atoms with Crippen LogP contribution in [0, 0.1) is 3.57 Å². The fraction of sp³-hybridized carbons (Fsp3) is 0.0952. The van der Waals surface area contributed by atoms with Crippen molar-refractivity contribution in [2.75, 3.05) is 17.2 Å². The second-order valence-corrected chi connectivity index (χ2v) is 6.92. The standard InChI is InChI=1S/C21H19IN2O2/c22-17-10-12-18(13-11-17)24-21(25)14-23-19-8-4-5-9-20(19)26-15-16-6-2-1-3-7-16/h1-13,23H,14-15H2,(H,24,25). The molecule has 0 aliphatic heterocycles. The molecule has 0 saturated carbocycles. The molecule has 26 heavy (non-hydrogen) atoms. The van der Waals surface area contributed by atoms with E-state index in [-0.39, 0.29) is 12.5 Å². The van der Waals surface area contributed by atoms with Crippen LogP contribution in [-0.4, -0.2) is 12.5 Å². The first kappa shape index (κ1) is 18.3. The lowest BCUT2D eigenvalue weighted by Crippen LogP contribution is -2.22. The average Bonchev–Trinajstić information content (AvgIpc) is 2.68. The molecule has 132 valence electrons. The number of rotatable bonds is 7. The molecule has 0 aliphatic rings. The Labute approximate surface area is 166 Å². The molecule has 0 aromatic heterocycles.